The molecule has 3 amide bonds. The summed E-state index contributed by atoms with van der Waals surface area (Å²) in [7, 11) is 1.37. The van der Waals surface area contributed by atoms with Crippen molar-refractivity contribution >= 4 is 52.3 Å². The van der Waals surface area contributed by atoms with Crippen molar-refractivity contribution in [1.29, 1.82) is 5.26 Å². The predicted octanol–water partition coefficient (Wildman–Crippen LogP) is 5.13. The lowest BCUT2D eigenvalue weighted by Gasteiger charge is -2.37. The molecular formula is C31H28Cl2FN5O4. The Kier molecular flexibility index (Phi) is 7.86. The first-order valence-corrected chi connectivity index (χ1v) is 14.1. The summed E-state index contributed by atoms with van der Waals surface area (Å²) in [6.07, 6.45) is 0.137. The Morgan fingerprint density at radius 3 is 2.60 bits per heavy atom. The molecule has 12 heteroatoms. The van der Waals surface area contributed by atoms with E-state index in [0.717, 1.165) is 0 Å². The maximum atomic E-state index is 15.9. The molecule has 0 radical (unpaired) electrons. The number of benzene rings is 3. The zero-order valence-corrected chi connectivity index (χ0v) is 24.9. The Bertz CT molecular complexity index is 1710. The second-order valence-electron chi connectivity index (χ2n) is 11.3. The maximum Gasteiger partial charge on any atom is 0.248 e. The lowest BCUT2D eigenvalue weighted by Crippen LogP contribution is -2.50. The van der Waals surface area contributed by atoms with Crippen LogP contribution in [0.2, 0.25) is 10.0 Å². The molecule has 2 aliphatic heterocycles. The molecule has 2 heterocycles. The number of hydrogen-bond acceptors (Lipinski definition) is 6. The Labute approximate surface area is 257 Å². The van der Waals surface area contributed by atoms with E-state index in [1.807, 2.05) is 0 Å². The number of amides is 3. The molecule has 2 aliphatic rings. The number of carbonyl (C=O) groups is 3. The minimum atomic E-state index is -1.54. The first kappa shape index (κ1) is 30.3. The smallest absolute Gasteiger partial charge is 0.248 e. The van der Waals surface area contributed by atoms with E-state index < -0.39 is 52.4 Å². The number of anilines is 2. The average molecular weight is 625 g/mol. The van der Waals surface area contributed by atoms with E-state index in [4.69, 9.17) is 33.7 Å². The molecule has 0 unspecified atom stereocenters. The summed E-state index contributed by atoms with van der Waals surface area (Å²) in [5.74, 6) is -3.49. The summed E-state index contributed by atoms with van der Waals surface area (Å²) in [5, 5.41) is 19.1. The van der Waals surface area contributed by atoms with E-state index in [1.165, 1.54) is 37.4 Å². The van der Waals surface area contributed by atoms with Crippen LogP contribution in [0, 0.1) is 22.6 Å². The van der Waals surface area contributed by atoms with Gasteiger partial charge in [-0.2, -0.15) is 5.26 Å². The van der Waals surface area contributed by atoms with Gasteiger partial charge in [0.1, 0.15) is 17.0 Å². The summed E-state index contributed by atoms with van der Waals surface area (Å²) >= 11 is 12.5. The van der Waals surface area contributed by atoms with Crippen LogP contribution in [0.5, 0.6) is 5.75 Å². The number of primary amides is 1. The third kappa shape index (κ3) is 5.07. The zero-order chi connectivity index (χ0) is 31.3. The van der Waals surface area contributed by atoms with Gasteiger partial charge in [-0.05, 0) is 67.8 Å². The van der Waals surface area contributed by atoms with E-state index in [2.05, 4.69) is 22.0 Å². The van der Waals surface area contributed by atoms with Crippen LogP contribution >= 0.6 is 23.2 Å². The number of nitrogens with zero attached hydrogens (tertiary/aromatic N) is 1. The number of nitriles is 1. The fourth-order valence-corrected chi connectivity index (χ4v) is 6.61. The number of halogens is 3. The van der Waals surface area contributed by atoms with Crippen molar-refractivity contribution in [3.05, 3.63) is 87.2 Å². The molecule has 4 atom stereocenters. The number of rotatable bonds is 7. The Morgan fingerprint density at radius 1 is 1.19 bits per heavy atom. The first-order valence-electron chi connectivity index (χ1n) is 13.4. The largest absolute Gasteiger partial charge is 0.495 e. The van der Waals surface area contributed by atoms with E-state index in [-0.39, 0.29) is 34.0 Å². The van der Waals surface area contributed by atoms with Crippen molar-refractivity contribution in [2.75, 3.05) is 17.7 Å². The highest BCUT2D eigenvalue weighted by atomic mass is 35.5. The van der Waals surface area contributed by atoms with Crippen LogP contribution in [-0.2, 0) is 15.0 Å². The summed E-state index contributed by atoms with van der Waals surface area (Å²) in [5.41, 5.74) is 4.30. The number of carbonyl (C=O) groups excluding carboxylic acids is 3. The molecule has 0 saturated carbocycles. The van der Waals surface area contributed by atoms with Crippen molar-refractivity contribution in [2.24, 2.45) is 11.1 Å². The van der Waals surface area contributed by atoms with Crippen molar-refractivity contribution in [1.82, 2.24) is 5.32 Å². The van der Waals surface area contributed by atoms with Gasteiger partial charge in [0.2, 0.25) is 17.7 Å². The van der Waals surface area contributed by atoms with Gasteiger partial charge in [-0.1, -0.05) is 41.4 Å². The number of fused-ring (bicyclic) bond motifs is 2. The summed E-state index contributed by atoms with van der Waals surface area (Å²) in [6.45, 7) is 3.46. The third-order valence-electron chi connectivity index (χ3n) is 8.17. The van der Waals surface area contributed by atoms with Crippen LogP contribution in [-0.4, -0.2) is 36.9 Å². The van der Waals surface area contributed by atoms with Crippen LogP contribution in [0.25, 0.3) is 0 Å². The van der Waals surface area contributed by atoms with Gasteiger partial charge in [-0.3, -0.25) is 14.4 Å². The molecule has 5 N–H and O–H groups in total. The van der Waals surface area contributed by atoms with Gasteiger partial charge < -0.3 is 26.4 Å². The van der Waals surface area contributed by atoms with E-state index >= 15 is 4.39 Å². The Morgan fingerprint density at radius 2 is 1.93 bits per heavy atom. The van der Waals surface area contributed by atoms with Gasteiger partial charge in [-0.15, -0.1) is 0 Å². The second-order valence-corrected chi connectivity index (χ2v) is 12.1. The van der Waals surface area contributed by atoms with Crippen molar-refractivity contribution in [2.45, 2.75) is 43.7 Å². The fraction of sp³-hybridized carbons (Fsp3) is 0.290. The van der Waals surface area contributed by atoms with Crippen LogP contribution in [0.15, 0.2) is 54.6 Å². The quantitative estimate of drug-likeness (QED) is 0.287. The number of ether oxygens (including phenoxy) is 1. The van der Waals surface area contributed by atoms with Gasteiger partial charge in [-0.25, -0.2) is 4.39 Å². The topological polar surface area (TPSA) is 146 Å². The minimum Gasteiger partial charge on any atom is -0.495 e. The van der Waals surface area contributed by atoms with Crippen molar-refractivity contribution in [3.63, 3.8) is 0 Å². The minimum absolute atomic E-state index is 0.0476. The van der Waals surface area contributed by atoms with Crippen LogP contribution in [0.3, 0.4) is 0 Å². The average Bonchev–Trinajstić information content (AvgIpc) is 3.44. The lowest BCUT2D eigenvalue weighted by atomic mass is 9.62. The van der Waals surface area contributed by atoms with E-state index in [1.54, 1.807) is 38.1 Å². The van der Waals surface area contributed by atoms with Crippen molar-refractivity contribution in [3.8, 4) is 11.8 Å². The monoisotopic (exact) mass is 623 g/mol. The molecule has 3 aromatic carbocycles. The Balaban J connectivity index is 1.71. The third-order valence-corrected chi connectivity index (χ3v) is 8.69. The predicted molar refractivity (Wildman–Crippen MR) is 161 cm³/mol. The number of nitrogens with one attached hydrogen (secondary N) is 3. The van der Waals surface area contributed by atoms with Crippen LogP contribution < -0.4 is 26.4 Å². The van der Waals surface area contributed by atoms with Crippen LogP contribution in [0.4, 0.5) is 15.8 Å². The lowest BCUT2D eigenvalue weighted by molar-refractivity contribution is -0.122. The van der Waals surface area contributed by atoms with Gasteiger partial charge in [0.15, 0.2) is 0 Å². The second kappa shape index (κ2) is 11.2. The normalized spacial score (nSPS) is 22.5. The molecule has 0 bridgehead atoms. The molecule has 222 valence electrons. The molecule has 1 saturated heterocycles. The molecule has 43 heavy (non-hydrogen) atoms. The zero-order valence-electron chi connectivity index (χ0n) is 23.4. The molecule has 0 aliphatic carbocycles. The fourth-order valence-electron chi connectivity index (χ4n) is 6.25. The van der Waals surface area contributed by atoms with Gasteiger partial charge in [0.25, 0.3) is 0 Å². The molecular weight excluding hydrogens is 596 g/mol. The molecule has 1 fully saturated rings. The first-order chi connectivity index (χ1) is 20.3. The van der Waals surface area contributed by atoms with Gasteiger partial charge in [0, 0.05) is 28.2 Å². The van der Waals surface area contributed by atoms with Gasteiger partial charge in [0.05, 0.1) is 35.3 Å². The summed E-state index contributed by atoms with van der Waals surface area (Å²) in [6, 6.07) is 13.9. The highest BCUT2D eigenvalue weighted by Gasteiger charge is 2.66. The van der Waals surface area contributed by atoms with E-state index in [9.17, 15) is 19.6 Å². The highest BCUT2D eigenvalue weighted by Crippen LogP contribution is 2.57. The number of hydrogen-bond donors (Lipinski definition) is 4. The molecule has 0 aromatic heterocycles. The summed E-state index contributed by atoms with van der Waals surface area (Å²) < 4.78 is 21.3. The number of nitrogens with two attached hydrogens (primary N) is 1. The summed E-state index contributed by atoms with van der Waals surface area (Å²) in [4.78, 5) is 40.1. The van der Waals surface area contributed by atoms with Crippen LogP contribution in [0.1, 0.15) is 47.7 Å². The van der Waals surface area contributed by atoms with E-state index in [0.29, 0.717) is 16.3 Å². The molecule has 9 nitrogen and oxygen atoms in total. The van der Waals surface area contributed by atoms with Gasteiger partial charge >= 0.3 is 0 Å². The molecule has 3 aromatic rings. The number of methoxy groups -OCH3 is 1. The Hall–Kier alpha value is -4.17. The highest BCUT2D eigenvalue weighted by molar-refractivity contribution is 6.31. The molecule has 5 rings (SSSR count). The SMILES string of the molecule is COc1cc(C(N)=O)ccc1NC(=O)[C@@H]1N[C@@H](CC(C)(C)C#N)[C@@]2(C(=O)Nc3cc(Cl)ccc32)[C@H]1c1cccc(Cl)c1F. The standard InChI is InChI=1S/C31H28Cl2FN5O4/c1-30(2,14-35)13-23-31(18-9-8-16(32)12-21(18)38-29(31)42)24(17-5-4-6-19(33)25(17)34)26(39-23)28(41)37-20-10-7-15(27(36)40)11-22(20)43-3/h4-12,23-24,26,39H,13H2,1-3H3,(H2,36,40)(H,37,41)(H,38,42)/t23-,24-,26+,31+/m0/s1. The molecule has 1 spiro atoms. The maximum absolute atomic E-state index is 15.9. The van der Waals surface area contributed by atoms with Crippen molar-refractivity contribution < 1.29 is 23.5 Å².